The number of carbonyl (C=O) groups is 2. The largest absolute Gasteiger partial charge is 0.445 e. The molecule has 0 spiro atoms. The van der Waals surface area contributed by atoms with E-state index in [4.69, 9.17) is 4.74 Å². The first kappa shape index (κ1) is 34.7. The summed E-state index contributed by atoms with van der Waals surface area (Å²) in [6.45, 7) is 22.1. The second-order valence-corrected chi connectivity index (χ2v) is 13.0. The van der Waals surface area contributed by atoms with Gasteiger partial charge in [0, 0.05) is 65.5 Å². The normalized spacial score (nSPS) is 20.6. The smallest absolute Gasteiger partial charge is 0.410 e. The van der Waals surface area contributed by atoms with Gasteiger partial charge < -0.3 is 24.3 Å². The first-order valence-corrected chi connectivity index (χ1v) is 15.7. The predicted molar refractivity (Wildman–Crippen MR) is 169 cm³/mol. The first-order valence-electron chi connectivity index (χ1n) is 15.7. The average molecular weight is 571 g/mol. The Labute approximate surface area is 250 Å². The number of ether oxygens (including phenoxy) is 1. The molecule has 1 aromatic rings. The fraction of sp³-hybridized carbons (Fsp3) is 0.706. The van der Waals surface area contributed by atoms with E-state index in [0.29, 0.717) is 12.5 Å². The highest BCUT2D eigenvalue weighted by atomic mass is 16.6. The van der Waals surface area contributed by atoms with Gasteiger partial charge in [0.15, 0.2) is 0 Å². The van der Waals surface area contributed by atoms with Crippen LogP contribution in [0.5, 0.6) is 0 Å². The van der Waals surface area contributed by atoms with Crippen LogP contribution in [0, 0.1) is 23.7 Å². The van der Waals surface area contributed by atoms with E-state index in [0.717, 1.165) is 49.5 Å². The predicted octanol–water partition coefficient (Wildman–Crippen LogP) is 6.36. The van der Waals surface area contributed by atoms with E-state index < -0.39 is 0 Å². The molecule has 5 fully saturated rings. The molecule has 41 heavy (non-hydrogen) atoms. The molecule has 1 aliphatic carbocycles. The van der Waals surface area contributed by atoms with Gasteiger partial charge in [0.1, 0.15) is 6.61 Å². The SMILES string of the molecule is C=C1CCCN1C.CC(=O)N1CC(C)C1.CC1CCC1.CC1CN(C(=O)OCc2ccccc2)C1.CC1CN(C)C1. The van der Waals surface area contributed by atoms with Gasteiger partial charge in [-0.3, -0.25) is 4.79 Å². The summed E-state index contributed by atoms with van der Waals surface area (Å²) in [4.78, 5) is 30.1. The molecule has 7 nitrogen and oxygen atoms in total. The summed E-state index contributed by atoms with van der Waals surface area (Å²) in [7, 11) is 4.25. The zero-order chi connectivity index (χ0) is 30.4. The number of hydrogen-bond donors (Lipinski definition) is 0. The van der Waals surface area contributed by atoms with Gasteiger partial charge in [0.25, 0.3) is 0 Å². The fourth-order valence-electron chi connectivity index (χ4n) is 5.11. The van der Waals surface area contributed by atoms with Crippen molar-refractivity contribution in [2.75, 3.05) is 59.9 Å². The molecule has 2 amide bonds. The van der Waals surface area contributed by atoms with Crippen molar-refractivity contribution in [3.63, 3.8) is 0 Å². The highest BCUT2D eigenvalue weighted by Gasteiger charge is 2.28. The summed E-state index contributed by atoms with van der Waals surface area (Å²) in [6.07, 6.45) is 6.77. The number of allylic oxidation sites excluding steroid dienone is 1. The molecule has 0 radical (unpaired) electrons. The summed E-state index contributed by atoms with van der Waals surface area (Å²) >= 11 is 0. The maximum atomic E-state index is 11.4. The molecule has 7 heteroatoms. The summed E-state index contributed by atoms with van der Waals surface area (Å²) in [5.41, 5.74) is 2.32. The Hall–Kier alpha value is -2.54. The van der Waals surface area contributed by atoms with E-state index in [-0.39, 0.29) is 12.0 Å². The fourth-order valence-corrected chi connectivity index (χ4v) is 5.11. The van der Waals surface area contributed by atoms with Gasteiger partial charge >= 0.3 is 6.09 Å². The van der Waals surface area contributed by atoms with Crippen LogP contribution >= 0.6 is 0 Å². The third-order valence-electron chi connectivity index (χ3n) is 8.18. The minimum atomic E-state index is -0.197. The minimum Gasteiger partial charge on any atom is -0.445 e. The van der Waals surface area contributed by atoms with Gasteiger partial charge in [0.05, 0.1) is 0 Å². The molecule has 1 aromatic carbocycles. The van der Waals surface area contributed by atoms with E-state index in [1.165, 1.54) is 57.4 Å². The van der Waals surface area contributed by atoms with Crippen molar-refractivity contribution in [2.45, 2.75) is 73.3 Å². The lowest BCUT2D eigenvalue weighted by Gasteiger charge is -2.36. The number of carbonyl (C=O) groups excluding carboxylic acids is 2. The lowest BCUT2D eigenvalue weighted by atomic mass is 9.88. The zero-order valence-corrected chi connectivity index (χ0v) is 27.1. The molecule has 0 bridgehead atoms. The molecule has 1 saturated carbocycles. The summed E-state index contributed by atoms with van der Waals surface area (Å²) in [5.74, 6) is 3.60. The number of rotatable bonds is 2. The molecule has 0 aromatic heterocycles. The lowest BCUT2D eigenvalue weighted by Crippen LogP contribution is -2.48. The number of amides is 2. The van der Waals surface area contributed by atoms with Gasteiger partial charge in [-0.05, 0) is 49.1 Å². The molecular weight excluding hydrogens is 512 g/mol. The first-order chi connectivity index (χ1) is 19.4. The Morgan fingerprint density at radius 3 is 1.59 bits per heavy atom. The quantitative estimate of drug-likeness (QED) is 0.414. The number of hydrogen-bond acceptors (Lipinski definition) is 5. The molecular formula is C34H58N4O3. The molecule has 232 valence electrons. The highest BCUT2D eigenvalue weighted by molar-refractivity contribution is 5.74. The summed E-state index contributed by atoms with van der Waals surface area (Å²) < 4.78 is 5.17. The van der Waals surface area contributed by atoms with Crippen LogP contribution in [0.2, 0.25) is 0 Å². The number of likely N-dealkylation sites (tertiary alicyclic amines) is 4. The van der Waals surface area contributed by atoms with Crippen molar-refractivity contribution in [2.24, 2.45) is 23.7 Å². The van der Waals surface area contributed by atoms with Gasteiger partial charge in [-0.15, -0.1) is 0 Å². The Bertz CT molecular complexity index is 896. The van der Waals surface area contributed by atoms with E-state index in [1.807, 2.05) is 35.2 Å². The van der Waals surface area contributed by atoms with E-state index in [9.17, 15) is 9.59 Å². The van der Waals surface area contributed by atoms with Gasteiger partial charge in [-0.2, -0.15) is 0 Å². The second kappa shape index (κ2) is 18.1. The summed E-state index contributed by atoms with van der Waals surface area (Å²) in [6, 6.07) is 9.73. The van der Waals surface area contributed by atoms with Crippen LogP contribution in [0.15, 0.2) is 42.6 Å². The van der Waals surface area contributed by atoms with Crippen LogP contribution in [0.3, 0.4) is 0 Å². The second-order valence-electron chi connectivity index (χ2n) is 13.0. The Morgan fingerprint density at radius 1 is 0.805 bits per heavy atom. The molecule has 4 saturated heterocycles. The third kappa shape index (κ3) is 13.8. The Balaban J connectivity index is 0.000000192. The average Bonchev–Trinajstić information content (AvgIpc) is 3.25. The van der Waals surface area contributed by atoms with Gasteiger partial charge in [-0.25, -0.2) is 4.79 Å². The van der Waals surface area contributed by atoms with Crippen LogP contribution in [-0.2, 0) is 16.1 Å². The molecule has 6 rings (SSSR count). The molecule has 0 N–H and O–H groups in total. The Kier molecular flexibility index (Phi) is 15.3. The summed E-state index contributed by atoms with van der Waals surface area (Å²) in [5, 5.41) is 0. The maximum absolute atomic E-state index is 11.4. The van der Waals surface area contributed by atoms with Gasteiger partial charge in [-0.1, -0.05) is 83.9 Å². The van der Waals surface area contributed by atoms with Crippen molar-refractivity contribution < 1.29 is 14.3 Å². The van der Waals surface area contributed by atoms with E-state index in [1.54, 1.807) is 11.8 Å². The van der Waals surface area contributed by atoms with E-state index in [2.05, 4.69) is 58.2 Å². The number of benzene rings is 1. The third-order valence-corrected chi connectivity index (χ3v) is 8.18. The molecule has 4 heterocycles. The van der Waals surface area contributed by atoms with Crippen molar-refractivity contribution >= 4 is 12.0 Å². The zero-order valence-electron chi connectivity index (χ0n) is 27.1. The number of nitrogens with zero attached hydrogens (tertiary/aromatic N) is 4. The highest BCUT2D eigenvalue weighted by Crippen LogP contribution is 2.24. The topological polar surface area (TPSA) is 56.3 Å². The van der Waals surface area contributed by atoms with Crippen LogP contribution in [0.25, 0.3) is 0 Å². The van der Waals surface area contributed by atoms with E-state index >= 15 is 0 Å². The minimum absolute atomic E-state index is 0.197. The molecule has 5 aliphatic rings. The Morgan fingerprint density at radius 2 is 1.32 bits per heavy atom. The maximum Gasteiger partial charge on any atom is 0.410 e. The monoisotopic (exact) mass is 570 g/mol. The molecule has 4 aliphatic heterocycles. The van der Waals surface area contributed by atoms with Gasteiger partial charge in [0.2, 0.25) is 5.91 Å². The van der Waals surface area contributed by atoms with Crippen molar-refractivity contribution in [1.82, 2.24) is 19.6 Å². The van der Waals surface area contributed by atoms with Crippen molar-refractivity contribution in [3.05, 3.63) is 48.2 Å². The van der Waals surface area contributed by atoms with Crippen molar-refractivity contribution in [3.8, 4) is 0 Å². The molecule has 0 unspecified atom stereocenters. The van der Waals surface area contributed by atoms with Crippen LogP contribution in [-0.4, -0.2) is 91.5 Å². The lowest BCUT2D eigenvalue weighted by molar-refractivity contribution is -0.134. The van der Waals surface area contributed by atoms with Crippen LogP contribution in [0.4, 0.5) is 4.79 Å². The van der Waals surface area contributed by atoms with Crippen LogP contribution < -0.4 is 0 Å². The molecule has 0 atom stereocenters. The van der Waals surface area contributed by atoms with Crippen LogP contribution in [0.1, 0.15) is 72.3 Å². The standard InChI is InChI=1S/C12H15NO2.C6H11NO.C6H11N.C5H11N.C5H10/c1-10-7-13(8-10)12(14)15-9-11-5-3-2-4-6-11;1-5-3-7(4-5)6(2)8;1-6-4-3-5-7(6)2;1-5-3-6(2)4-5;1-5-3-2-4-5/h2-6,10H,7-9H2,1H3;5H,3-4H2,1-2H3;1,3-5H2,2H3;5H,3-4H2,1-2H3;5H,2-4H2,1H3. The van der Waals surface area contributed by atoms with Crippen molar-refractivity contribution in [1.29, 1.82) is 0 Å².